The minimum atomic E-state index is -0.526. The number of methoxy groups -OCH3 is 1. The van der Waals surface area contributed by atoms with E-state index in [0.29, 0.717) is 25.4 Å². The monoisotopic (exact) mass is 363 g/mol. The molecule has 1 atom stereocenters. The highest BCUT2D eigenvalue weighted by molar-refractivity contribution is 5.43. The summed E-state index contributed by atoms with van der Waals surface area (Å²) in [6.45, 7) is 1.62. The van der Waals surface area contributed by atoms with Crippen LogP contribution >= 0.6 is 0 Å². The molecule has 0 unspecified atom stereocenters. The largest absolute Gasteiger partial charge is 0.493 e. The Morgan fingerprint density at radius 1 is 0.852 bits per heavy atom. The highest BCUT2D eigenvalue weighted by Gasteiger charge is 2.08. The van der Waals surface area contributed by atoms with E-state index in [4.69, 9.17) is 9.47 Å². The zero-order chi connectivity index (χ0) is 18.9. The fraction of sp³-hybridized carbons (Fsp3) is 0.217. The van der Waals surface area contributed by atoms with Gasteiger partial charge in [-0.2, -0.15) is 0 Å². The van der Waals surface area contributed by atoms with Crippen molar-refractivity contribution in [2.75, 3.05) is 13.7 Å². The number of rotatable bonds is 9. The van der Waals surface area contributed by atoms with Crippen LogP contribution in [0.25, 0.3) is 0 Å². The van der Waals surface area contributed by atoms with Crippen molar-refractivity contribution in [2.45, 2.75) is 19.3 Å². The van der Waals surface area contributed by atoms with Gasteiger partial charge < -0.3 is 19.9 Å². The SMILES string of the molecule is COc1cc(CNC[C@H](O)c2ccccc2)ccc1OCc1ccccc1. The van der Waals surface area contributed by atoms with Crippen molar-refractivity contribution >= 4 is 0 Å². The lowest BCUT2D eigenvalue weighted by molar-refractivity contribution is 0.174. The van der Waals surface area contributed by atoms with Crippen molar-refractivity contribution in [3.8, 4) is 11.5 Å². The molecule has 4 heteroatoms. The van der Waals surface area contributed by atoms with Crippen molar-refractivity contribution in [1.29, 1.82) is 0 Å². The molecule has 0 bridgehead atoms. The van der Waals surface area contributed by atoms with E-state index in [0.717, 1.165) is 22.4 Å². The Morgan fingerprint density at radius 3 is 2.26 bits per heavy atom. The Balaban J connectivity index is 1.54. The number of nitrogens with one attached hydrogen (secondary N) is 1. The van der Waals surface area contributed by atoms with Crippen LogP contribution in [0.2, 0.25) is 0 Å². The summed E-state index contributed by atoms with van der Waals surface area (Å²) in [6.07, 6.45) is -0.526. The lowest BCUT2D eigenvalue weighted by Gasteiger charge is -2.14. The van der Waals surface area contributed by atoms with E-state index in [1.807, 2.05) is 78.9 Å². The van der Waals surface area contributed by atoms with Gasteiger partial charge in [0.15, 0.2) is 11.5 Å². The summed E-state index contributed by atoms with van der Waals surface area (Å²) in [5, 5.41) is 13.5. The second-order valence-electron chi connectivity index (χ2n) is 6.32. The number of benzene rings is 3. The van der Waals surface area contributed by atoms with Gasteiger partial charge in [-0.15, -0.1) is 0 Å². The van der Waals surface area contributed by atoms with Gasteiger partial charge in [0.1, 0.15) is 6.61 Å². The molecule has 3 aromatic rings. The minimum absolute atomic E-state index is 0.485. The van der Waals surface area contributed by atoms with Crippen LogP contribution in [0, 0.1) is 0 Å². The molecule has 0 spiro atoms. The summed E-state index contributed by atoms with van der Waals surface area (Å²) in [5.41, 5.74) is 3.09. The summed E-state index contributed by atoms with van der Waals surface area (Å²) in [5.74, 6) is 1.42. The Morgan fingerprint density at radius 2 is 1.56 bits per heavy atom. The number of hydrogen-bond donors (Lipinski definition) is 2. The van der Waals surface area contributed by atoms with Gasteiger partial charge >= 0.3 is 0 Å². The first-order valence-electron chi connectivity index (χ1n) is 9.03. The number of hydrogen-bond acceptors (Lipinski definition) is 4. The van der Waals surface area contributed by atoms with Gasteiger partial charge in [0, 0.05) is 13.1 Å². The summed E-state index contributed by atoms with van der Waals surface area (Å²) in [6, 6.07) is 25.6. The van der Waals surface area contributed by atoms with Crippen LogP contribution in [0.15, 0.2) is 78.9 Å². The molecule has 0 radical (unpaired) electrons. The third-order valence-electron chi connectivity index (χ3n) is 4.32. The molecular formula is C23H25NO3. The van der Waals surface area contributed by atoms with Crippen molar-refractivity contribution < 1.29 is 14.6 Å². The van der Waals surface area contributed by atoms with Crippen LogP contribution < -0.4 is 14.8 Å². The Labute approximate surface area is 160 Å². The fourth-order valence-electron chi connectivity index (χ4n) is 2.82. The van der Waals surface area contributed by atoms with E-state index >= 15 is 0 Å². The zero-order valence-corrected chi connectivity index (χ0v) is 15.5. The molecule has 0 amide bonds. The quantitative estimate of drug-likeness (QED) is 0.601. The van der Waals surface area contributed by atoms with Crippen molar-refractivity contribution in [3.05, 3.63) is 95.6 Å². The van der Waals surface area contributed by atoms with E-state index in [2.05, 4.69) is 5.32 Å². The van der Waals surface area contributed by atoms with Crippen LogP contribution in [0.5, 0.6) is 11.5 Å². The van der Waals surface area contributed by atoms with Gasteiger partial charge in [-0.25, -0.2) is 0 Å². The van der Waals surface area contributed by atoms with Crippen LogP contribution in [-0.4, -0.2) is 18.8 Å². The average molecular weight is 363 g/mol. The van der Waals surface area contributed by atoms with Crippen LogP contribution in [0.1, 0.15) is 22.8 Å². The average Bonchev–Trinajstić information content (AvgIpc) is 2.74. The van der Waals surface area contributed by atoms with E-state index in [1.165, 1.54) is 0 Å². The number of aliphatic hydroxyl groups excluding tert-OH is 1. The second kappa shape index (κ2) is 9.76. The van der Waals surface area contributed by atoms with Gasteiger partial charge in [-0.05, 0) is 28.8 Å². The first kappa shape index (κ1) is 19.0. The lowest BCUT2D eigenvalue weighted by Crippen LogP contribution is -2.21. The first-order valence-corrected chi connectivity index (χ1v) is 9.03. The molecule has 0 aliphatic carbocycles. The van der Waals surface area contributed by atoms with E-state index in [1.54, 1.807) is 7.11 Å². The van der Waals surface area contributed by atoms with E-state index in [-0.39, 0.29) is 0 Å². The molecule has 0 heterocycles. The van der Waals surface area contributed by atoms with Gasteiger partial charge in [0.25, 0.3) is 0 Å². The van der Waals surface area contributed by atoms with Crippen molar-refractivity contribution in [2.24, 2.45) is 0 Å². The maximum atomic E-state index is 10.2. The number of ether oxygens (including phenoxy) is 2. The third kappa shape index (κ3) is 5.58. The Kier molecular flexibility index (Phi) is 6.85. The summed E-state index contributed by atoms with van der Waals surface area (Å²) >= 11 is 0. The lowest BCUT2D eigenvalue weighted by atomic mass is 10.1. The van der Waals surface area contributed by atoms with Gasteiger partial charge in [0.05, 0.1) is 13.2 Å². The zero-order valence-electron chi connectivity index (χ0n) is 15.5. The summed E-state index contributed by atoms with van der Waals surface area (Å²) in [7, 11) is 1.64. The van der Waals surface area contributed by atoms with Gasteiger partial charge in [-0.3, -0.25) is 0 Å². The normalized spacial score (nSPS) is 11.8. The Bertz CT molecular complexity index is 822. The highest BCUT2D eigenvalue weighted by atomic mass is 16.5. The maximum absolute atomic E-state index is 10.2. The van der Waals surface area contributed by atoms with Gasteiger partial charge in [0.2, 0.25) is 0 Å². The molecule has 0 fully saturated rings. The summed E-state index contributed by atoms with van der Waals surface area (Å²) < 4.78 is 11.4. The molecule has 0 saturated heterocycles. The van der Waals surface area contributed by atoms with Crippen LogP contribution in [0.4, 0.5) is 0 Å². The third-order valence-corrected chi connectivity index (χ3v) is 4.32. The van der Waals surface area contributed by atoms with E-state index in [9.17, 15) is 5.11 Å². The Hall–Kier alpha value is -2.82. The standard InChI is InChI=1S/C23H25NO3/c1-26-23-14-19(15-24-16-21(25)20-10-6-3-7-11-20)12-13-22(23)27-17-18-8-4-2-5-9-18/h2-14,21,24-25H,15-17H2,1H3/t21-/m0/s1. The topological polar surface area (TPSA) is 50.7 Å². The van der Waals surface area contributed by atoms with Crippen LogP contribution in [-0.2, 0) is 13.2 Å². The molecule has 27 heavy (non-hydrogen) atoms. The molecular weight excluding hydrogens is 338 g/mol. The smallest absolute Gasteiger partial charge is 0.161 e. The molecule has 0 aromatic heterocycles. The molecule has 4 nitrogen and oxygen atoms in total. The molecule has 3 aromatic carbocycles. The molecule has 2 N–H and O–H groups in total. The second-order valence-corrected chi connectivity index (χ2v) is 6.32. The maximum Gasteiger partial charge on any atom is 0.161 e. The molecule has 140 valence electrons. The molecule has 0 saturated carbocycles. The van der Waals surface area contributed by atoms with E-state index < -0.39 is 6.10 Å². The highest BCUT2D eigenvalue weighted by Crippen LogP contribution is 2.29. The van der Waals surface area contributed by atoms with Crippen LogP contribution in [0.3, 0.4) is 0 Å². The minimum Gasteiger partial charge on any atom is -0.493 e. The van der Waals surface area contributed by atoms with Gasteiger partial charge in [-0.1, -0.05) is 66.7 Å². The molecule has 0 aliphatic heterocycles. The molecule has 0 aliphatic rings. The predicted molar refractivity (Wildman–Crippen MR) is 107 cm³/mol. The van der Waals surface area contributed by atoms with Crippen molar-refractivity contribution in [1.82, 2.24) is 5.32 Å². The predicted octanol–water partition coefficient (Wildman–Crippen LogP) is 4.10. The van der Waals surface area contributed by atoms with Crippen molar-refractivity contribution in [3.63, 3.8) is 0 Å². The molecule has 3 rings (SSSR count). The fourth-order valence-corrected chi connectivity index (χ4v) is 2.82. The number of aliphatic hydroxyl groups is 1. The summed E-state index contributed by atoms with van der Waals surface area (Å²) in [4.78, 5) is 0. The first-order chi connectivity index (χ1) is 13.3.